The lowest BCUT2D eigenvalue weighted by molar-refractivity contribution is -0.351. The van der Waals surface area contributed by atoms with Crippen molar-refractivity contribution in [1.82, 2.24) is 0 Å². The van der Waals surface area contributed by atoms with Gasteiger partial charge in [-0.25, -0.2) is 0 Å². The van der Waals surface area contributed by atoms with E-state index in [4.69, 9.17) is 18.9 Å². The molecule has 1 aromatic rings. The highest BCUT2D eigenvalue weighted by Crippen LogP contribution is 2.34. The minimum Gasteiger partial charge on any atom is -0.497 e. The van der Waals surface area contributed by atoms with Gasteiger partial charge >= 0.3 is 7.12 Å². The van der Waals surface area contributed by atoms with Crippen molar-refractivity contribution in [1.29, 1.82) is 0 Å². The molecule has 0 aliphatic carbocycles. The highest BCUT2D eigenvalue weighted by molar-refractivity contribution is 6.60. The zero-order valence-electron chi connectivity index (χ0n) is 11.2. The number of benzene rings is 1. The van der Waals surface area contributed by atoms with Crippen LogP contribution in [0.3, 0.4) is 0 Å². The van der Waals surface area contributed by atoms with Gasteiger partial charge in [-0.3, -0.25) is 0 Å². The van der Waals surface area contributed by atoms with Crippen LogP contribution in [-0.4, -0.2) is 55.6 Å². The van der Waals surface area contributed by atoms with Crippen LogP contribution >= 0.6 is 0 Å². The molecule has 0 spiro atoms. The molecule has 6 nitrogen and oxygen atoms in total. The summed E-state index contributed by atoms with van der Waals surface area (Å²) in [7, 11) is 0.372. The first-order valence-electron chi connectivity index (χ1n) is 6.56. The number of aliphatic hydroxyl groups excluding tert-OH is 1. The Kier molecular flexibility index (Phi) is 3.70. The molecule has 3 saturated heterocycles. The smallest absolute Gasteiger partial charge is 0.493 e. The van der Waals surface area contributed by atoms with E-state index < -0.39 is 19.0 Å². The topological polar surface area (TPSA) is 77.4 Å². The van der Waals surface area contributed by atoms with Crippen LogP contribution in [0.1, 0.15) is 6.42 Å². The summed E-state index contributed by atoms with van der Waals surface area (Å²) in [6.07, 6.45) is -0.438. The Bertz CT molecular complexity index is 456. The summed E-state index contributed by atoms with van der Waals surface area (Å²) in [5.41, 5.74) is 0.559. The summed E-state index contributed by atoms with van der Waals surface area (Å²) < 4.78 is 21.6. The Morgan fingerprint density at radius 1 is 1.35 bits per heavy atom. The Hall–Kier alpha value is -1.12. The van der Waals surface area contributed by atoms with Gasteiger partial charge in [0.25, 0.3) is 0 Å². The van der Waals surface area contributed by atoms with E-state index in [-0.39, 0.29) is 12.7 Å². The minimum absolute atomic E-state index is 0.0893. The van der Waals surface area contributed by atoms with E-state index >= 15 is 0 Å². The van der Waals surface area contributed by atoms with Gasteiger partial charge in [-0.2, -0.15) is 0 Å². The van der Waals surface area contributed by atoms with E-state index in [9.17, 15) is 10.1 Å². The molecule has 7 heteroatoms. The van der Waals surface area contributed by atoms with Crippen LogP contribution < -0.4 is 10.2 Å². The van der Waals surface area contributed by atoms with Gasteiger partial charge in [0.1, 0.15) is 18.5 Å². The molecule has 2 bridgehead atoms. The number of methoxy groups -OCH3 is 1. The molecule has 3 fully saturated rings. The van der Waals surface area contributed by atoms with Crippen molar-refractivity contribution in [3.05, 3.63) is 24.3 Å². The normalized spacial score (nSPS) is 32.1. The van der Waals surface area contributed by atoms with Crippen molar-refractivity contribution in [2.24, 2.45) is 0 Å². The van der Waals surface area contributed by atoms with Crippen LogP contribution in [0.4, 0.5) is 0 Å². The molecule has 0 saturated carbocycles. The molecule has 1 unspecified atom stereocenters. The Balaban J connectivity index is 1.72. The van der Waals surface area contributed by atoms with E-state index in [2.05, 4.69) is 0 Å². The second-order valence-corrected chi connectivity index (χ2v) is 5.05. The Morgan fingerprint density at radius 3 is 2.65 bits per heavy atom. The SMILES string of the molecule is COc1ccc(B(O)OC23CO[C@H](CO2)C[C@@H]3O)cc1. The van der Waals surface area contributed by atoms with Crippen LogP contribution in [0.5, 0.6) is 5.75 Å². The molecule has 3 atom stereocenters. The largest absolute Gasteiger partial charge is 0.497 e. The first-order valence-corrected chi connectivity index (χ1v) is 6.56. The highest BCUT2D eigenvalue weighted by Gasteiger charge is 2.52. The van der Waals surface area contributed by atoms with Gasteiger partial charge in [0.05, 0.1) is 19.8 Å². The van der Waals surface area contributed by atoms with Crippen molar-refractivity contribution in [2.75, 3.05) is 20.3 Å². The molecule has 20 heavy (non-hydrogen) atoms. The standard InChI is InChI=1S/C13H17BO6/c1-17-10-4-2-9(3-5-10)14(16)20-13-8-18-11(7-19-13)6-12(13)15/h2-5,11-12,15-16H,6-8H2,1H3/t11-,12-,13?/m0/s1. The van der Waals surface area contributed by atoms with E-state index in [1.807, 2.05) is 0 Å². The molecule has 108 valence electrons. The lowest BCUT2D eigenvalue weighted by atomic mass is 9.78. The zero-order chi connectivity index (χ0) is 14.2. The molecule has 3 heterocycles. The fourth-order valence-electron chi connectivity index (χ4n) is 2.49. The lowest BCUT2D eigenvalue weighted by Crippen LogP contribution is -2.65. The number of rotatable bonds is 4. The van der Waals surface area contributed by atoms with Crippen LogP contribution in [0.15, 0.2) is 24.3 Å². The predicted molar refractivity (Wildman–Crippen MR) is 70.7 cm³/mol. The third-order valence-electron chi connectivity index (χ3n) is 3.74. The molecule has 1 aromatic carbocycles. The summed E-state index contributed by atoms with van der Waals surface area (Å²) in [6.45, 7) is 0.485. The average molecular weight is 280 g/mol. The number of aliphatic hydroxyl groups is 1. The average Bonchev–Trinajstić information content (AvgIpc) is 2.49. The maximum absolute atomic E-state index is 10.2. The minimum atomic E-state index is -1.28. The first kappa shape index (κ1) is 13.8. The summed E-state index contributed by atoms with van der Waals surface area (Å²) >= 11 is 0. The second-order valence-electron chi connectivity index (χ2n) is 5.05. The Labute approximate surface area is 117 Å². The summed E-state index contributed by atoms with van der Waals surface area (Å²) in [4.78, 5) is 0. The molecule has 4 rings (SSSR count). The van der Waals surface area contributed by atoms with E-state index in [0.29, 0.717) is 24.2 Å². The van der Waals surface area contributed by atoms with Crippen molar-refractivity contribution in [3.63, 3.8) is 0 Å². The quantitative estimate of drug-likeness (QED) is 0.708. The van der Waals surface area contributed by atoms with E-state index in [1.165, 1.54) is 0 Å². The fraction of sp³-hybridized carbons (Fsp3) is 0.538. The third kappa shape index (κ3) is 2.43. The third-order valence-corrected chi connectivity index (χ3v) is 3.74. The van der Waals surface area contributed by atoms with Crippen molar-refractivity contribution >= 4 is 12.6 Å². The number of ether oxygens (including phenoxy) is 3. The number of hydrogen-bond acceptors (Lipinski definition) is 6. The molecule has 3 aliphatic heterocycles. The van der Waals surface area contributed by atoms with Crippen LogP contribution in [0.25, 0.3) is 0 Å². The molecule has 2 N–H and O–H groups in total. The summed E-state index contributed by atoms with van der Waals surface area (Å²) in [5, 5.41) is 20.2. The van der Waals surface area contributed by atoms with Gasteiger partial charge in [-0.15, -0.1) is 0 Å². The van der Waals surface area contributed by atoms with Gasteiger partial charge in [-0.1, -0.05) is 12.1 Å². The molecular weight excluding hydrogens is 263 g/mol. The molecular formula is C13H17BO6. The molecule has 3 aliphatic rings. The monoisotopic (exact) mass is 280 g/mol. The van der Waals surface area contributed by atoms with Gasteiger partial charge in [0, 0.05) is 6.42 Å². The maximum Gasteiger partial charge on any atom is 0.493 e. The summed E-state index contributed by atoms with van der Waals surface area (Å²) in [6, 6.07) is 6.85. The Morgan fingerprint density at radius 2 is 2.10 bits per heavy atom. The summed E-state index contributed by atoms with van der Waals surface area (Å²) in [5.74, 6) is -0.592. The van der Waals surface area contributed by atoms with E-state index in [1.54, 1.807) is 31.4 Å². The lowest BCUT2D eigenvalue weighted by Gasteiger charge is -2.49. The maximum atomic E-state index is 10.2. The molecule has 0 aromatic heterocycles. The molecule has 0 amide bonds. The van der Waals surface area contributed by atoms with Crippen LogP contribution in [-0.2, 0) is 14.1 Å². The van der Waals surface area contributed by atoms with Crippen molar-refractivity contribution < 1.29 is 29.0 Å². The number of fused-ring (bicyclic) bond motifs is 3. The van der Waals surface area contributed by atoms with Gasteiger partial charge in [-0.05, 0) is 17.6 Å². The van der Waals surface area contributed by atoms with Gasteiger partial charge < -0.3 is 29.0 Å². The van der Waals surface area contributed by atoms with E-state index in [0.717, 1.165) is 0 Å². The number of hydrogen-bond donors (Lipinski definition) is 2. The van der Waals surface area contributed by atoms with Gasteiger partial charge in [0.2, 0.25) is 5.79 Å². The van der Waals surface area contributed by atoms with Crippen LogP contribution in [0.2, 0.25) is 0 Å². The zero-order valence-corrected chi connectivity index (χ0v) is 11.2. The first-order chi connectivity index (χ1) is 9.63. The fourth-order valence-corrected chi connectivity index (χ4v) is 2.49. The molecule has 0 radical (unpaired) electrons. The van der Waals surface area contributed by atoms with Gasteiger partial charge in [0.15, 0.2) is 0 Å². The predicted octanol–water partition coefficient (Wildman–Crippen LogP) is -0.724. The van der Waals surface area contributed by atoms with Crippen molar-refractivity contribution in [2.45, 2.75) is 24.4 Å². The second kappa shape index (κ2) is 5.35. The van der Waals surface area contributed by atoms with Crippen LogP contribution in [0, 0.1) is 0 Å². The highest BCUT2D eigenvalue weighted by atomic mass is 16.7. The van der Waals surface area contributed by atoms with Crippen molar-refractivity contribution in [3.8, 4) is 5.75 Å².